The van der Waals surface area contributed by atoms with Gasteiger partial charge in [0.15, 0.2) is 0 Å². The van der Waals surface area contributed by atoms with Crippen LogP contribution in [-0.4, -0.2) is 49.2 Å². The first kappa shape index (κ1) is 17.2. The zero-order chi connectivity index (χ0) is 15.8. The fourth-order valence-corrected chi connectivity index (χ4v) is 2.46. The van der Waals surface area contributed by atoms with Crippen molar-refractivity contribution < 1.29 is 19.4 Å². The summed E-state index contributed by atoms with van der Waals surface area (Å²) in [6, 6.07) is 1.72. The van der Waals surface area contributed by atoms with Gasteiger partial charge in [0.25, 0.3) is 5.91 Å². The van der Waals surface area contributed by atoms with Gasteiger partial charge in [0, 0.05) is 25.4 Å². The number of thiophene rings is 1. The second kappa shape index (κ2) is 8.45. The maximum Gasteiger partial charge on any atom is 0.310 e. The van der Waals surface area contributed by atoms with Gasteiger partial charge in [-0.25, -0.2) is 0 Å². The minimum absolute atomic E-state index is 0.0261. The standard InChI is InChI=1S/C15H19NO4S/c1-11(15(19)20-3)9-16(2)14(18)12-8-13(21-10-12)6-4-5-7-17/h8,10-11,17H,5,7,9H2,1-3H3. The lowest BCUT2D eigenvalue weighted by atomic mass is 10.1. The van der Waals surface area contributed by atoms with Gasteiger partial charge < -0.3 is 14.7 Å². The van der Waals surface area contributed by atoms with Crippen LogP contribution in [0.2, 0.25) is 0 Å². The molecule has 0 saturated carbocycles. The van der Waals surface area contributed by atoms with Crippen molar-refractivity contribution in [1.29, 1.82) is 0 Å². The van der Waals surface area contributed by atoms with Crippen LogP contribution in [0.3, 0.4) is 0 Å². The Bertz CT molecular complexity index is 556. The third-order valence-corrected chi connectivity index (χ3v) is 3.64. The molecule has 1 aromatic heterocycles. The molecule has 0 radical (unpaired) electrons. The maximum atomic E-state index is 12.2. The normalized spacial score (nSPS) is 11.2. The smallest absolute Gasteiger partial charge is 0.310 e. The molecular weight excluding hydrogens is 290 g/mol. The van der Waals surface area contributed by atoms with Crippen LogP contribution in [0, 0.1) is 17.8 Å². The Balaban J connectivity index is 2.67. The van der Waals surface area contributed by atoms with Crippen LogP contribution in [0.4, 0.5) is 0 Å². The van der Waals surface area contributed by atoms with Gasteiger partial charge in [-0.15, -0.1) is 11.3 Å². The number of methoxy groups -OCH3 is 1. The SMILES string of the molecule is COC(=O)C(C)CN(C)C(=O)c1csc(C#CCCO)c1. The molecule has 1 N–H and O–H groups in total. The second-order valence-electron chi connectivity index (χ2n) is 4.58. The molecular formula is C15H19NO4S. The Morgan fingerprint density at radius 3 is 2.86 bits per heavy atom. The highest BCUT2D eigenvalue weighted by molar-refractivity contribution is 7.10. The second-order valence-corrected chi connectivity index (χ2v) is 5.50. The van der Waals surface area contributed by atoms with Crippen molar-refractivity contribution in [2.75, 3.05) is 27.3 Å². The molecule has 114 valence electrons. The van der Waals surface area contributed by atoms with E-state index in [1.54, 1.807) is 25.4 Å². The van der Waals surface area contributed by atoms with E-state index >= 15 is 0 Å². The highest BCUT2D eigenvalue weighted by Gasteiger charge is 2.20. The lowest BCUT2D eigenvalue weighted by Gasteiger charge is -2.19. The molecule has 1 amide bonds. The molecule has 5 nitrogen and oxygen atoms in total. The van der Waals surface area contributed by atoms with E-state index in [0.717, 1.165) is 4.88 Å². The molecule has 0 fully saturated rings. The summed E-state index contributed by atoms with van der Waals surface area (Å²) in [4.78, 5) is 25.9. The van der Waals surface area contributed by atoms with E-state index in [9.17, 15) is 9.59 Å². The van der Waals surface area contributed by atoms with Crippen molar-refractivity contribution in [1.82, 2.24) is 4.90 Å². The van der Waals surface area contributed by atoms with Crippen molar-refractivity contribution in [3.05, 3.63) is 21.9 Å². The van der Waals surface area contributed by atoms with Crippen molar-refractivity contribution in [3.63, 3.8) is 0 Å². The quantitative estimate of drug-likeness (QED) is 0.659. The summed E-state index contributed by atoms with van der Waals surface area (Å²) in [6.45, 7) is 2.04. The Morgan fingerprint density at radius 1 is 1.52 bits per heavy atom. The largest absolute Gasteiger partial charge is 0.469 e. The van der Waals surface area contributed by atoms with Crippen LogP contribution in [-0.2, 0) is 9.53 Å². The summed E-state index contributed by atoms with van der Waals surface area (Å²) in [5, 5.41) is 10.4. The van der Waals surface area contributed by atoms with Crippen molar-refractivity contribution in [3.8, 4) is 11.8 Å². The Morgan fingerprint density at radius 2 is 2.24 bits per heavy atom. The summed E-state index contributed by atoms with van der Waals surface area (Å²) >= 11 is 1.38. The third kappa shape index (κ3) is 5.21. The lowest BCUT2D eigenvalue weighted by molar-refractivity contribution is -0.145. The number of hydrogen-bond acceptors (Lipinski definition) is 5. The molecule has 1 unspecified atom stereocenters. The van der Waals surface area contributed by atoms with Gasteiger partial charge in [-0.2, -0.15) is 0 Å². The molecule has 0 aromatic carbocycles. The Hall–Kier alpha value is -1.84. The van der Waals surface area contributed by atoms with Gasteiger partial charge in [0.2, 0.25) is 0 Å². The zero-order valence-corrected chi connectivity index (χ0v) is 13.2. The Labute approximate surface area is 128 Å². The summed E-state index contributed by atoms with van der Waals surface area (Å²) < 4.78 is 4.64. The average molecular weight is 309 g/mol. The van der Waals surface area contributed by atoms with Gasteiger partial charge >= 0.3 is 5.97 Å². The topological polar surface area (TPSA) is 66.8 Å². The fourth-order valence-electron chi connectivity index (χ4n) is 1.71. The summed E-state index contributed by atoms with van der Waals surface area (Å²) in [5.74, 6) is 4.84. The first-order valence-electron chi connectivity index (χ1n) is 6.51. The number of ether oxygens (including phenoxy) is 1. The van der Waals surface area contributed by atoms with Crippen LogP contribution in [0.1, 0.15) is 28.6 Å². The van der Waals surface area contributed by atoms with E-state index in [1.807, 2.05) is 0 Å². The van der Waals surface area contributed by atoms with Crippen LogP contribution in [0.15, 0.2) is 11.4 Å². The number of carbonyl (C=O) groups excluding carboxylic acids is 2. The molecule has 21 heavy (non-hydrogen) atoms. The van der Waals surface area contributed by atoms with Crippen LogP contribution >= 0.6 is 11.3 Å². The van der Waals surface area contributed by atoms with Crippen molar-refractivity contribution >= 4 is 23.2 Å². The first-order valence-corrected chi connectivity index (χ1v) is 7.39. The minimum atomic E-state index is -0.369. The summed E-state index contributed by atoms with van der Waals surface area (Å²) in [7, 11) is 2.98. The predicted molar refractivity (Wildman–Crippen MR) is 81.0 cm³/mol. The number of aliphatic hydroxyl groups excluding tert-OH is 1. The molecule has 1 rings (SSSR count). The molecule has 0 aliphatic rings. The van der Waals surface area contributed by atoms with Gasteiger partial charge in [-0.1, -0.05) is 18.8 Å². The van der Waals surface area contributed by atoms with E-state index in [0.29, 0.717) is 18.5 Å². The van der Waals surface area contributed by atoms with Gasteiger partial charge in [0.05, 0.1) is 30.1 Å². The van der Waals surface area contributed by atoms with E-state index in [1.165, 1.54) is 23.3 Å². The highest BCUT2D eigenvalue weighted by atomic mass is 32.1. The van der Waals surface area contributed by atoms with Gasteiger partial charge in [-0.3, -0.25) is 9.59 Å². The number of rotatable bonds is 5. The van der Waals surface area contributed by atoms with Gasteiger partial charge in [-0.05, 0) is 6.07 Å². The number of hydrogen-bond donors (Lipinski definition) is 1. The number of carbonyl (C=O) groups is 2. The molecule has 0 spiro atoms. The monoisotopic (exact) mass is 309 g/mol. The van der Waals surface area contributed by atoms with Crippen molar-refractivity contribution in [2.45, 2.75) is 13.3 Å². The zero-order valence-electron chi connectivity index (χ0n) is 12.4. The third-order valence-electron chi connectivity index (χ3n) is 2.79. The molecule has 0 aliphatic carbocycles. The average Bonchev–Trinajstić information content (AvgIpc) is 2.94. The molecule has 0 aliphatic heterocycles. The number of nitrogens with zero attached hydrogens (tertiary/aromatic N) is 1. The Kier molecular flexibility index (Phi) is 6.92. The van der Waals surface area contributed by atoms with E-state index in [-0.39, 0.29) is 24.4 Å². The van der Waals surface area contributed by atoms with E-state index in [2.05, 4.69) is 16.6 Å². The molecule has 1 aromatic rings. The number of esters is 1. The van der Waals surface area contributed by atoms with Crippen LogP contribution in [0.25, 0.3) is 0 Å². The number of aliphatic hydroxyl groups is 1. The summed E-state index contributed by atoms with van der Waals surface area (Å²) in [6.07, 6.45) is 0.414. The minimum Gasteiger partial charge on any atom is -0.469 e. The number of amides is 1. The highest BCUT2D eigenvalue weighted by Crippen LogP contribution is 2.16. The van der Waals surface area contributed by atoms with E-state index < -0.39 is 0 Å². The predicted octanol–water partition coefficient (Wildman–Crippen LogP) is 1.36. The van der Waals surface area contributed by atoms with E-state index in [4.69, 9.17) is 5.11 Å². The van der Waals surface area contributed by atoms with Crippen LogP contribution < -0.4 is 0 Å². The van der Waals surface area contributed by atoms with Crippen molar-refractivity contribution in [2.24, 2.45) is 5.92 Å². The van der Waals surface area contributed by atoms with Gasteiger partial charge in [0.1, 0.15) is 0 Å². The molecule has 0 bridgehead atoms. The molecule has 1 heterocycles. The molecule has 1 atom stereocenters. The first-order chi connectivity index (χ1) is 9.99. The fraction of sp³-hybridized carbons (Fsp3) is 0.467. The summed E-state index contributed by atoms with van der Waals surface area (Å²) in [5.41, 5.74) is 0.549. The maximum absolute atomic E-state index is 12.2. The molecule has 6 heteroatoms. The van der Waals surface area contributed by atoms with Crippen LogP contribution in [0.5, 0.6) is 0 Å². The lowest BCUT2D eigenvalue weighted by Crippen LogP contribution is -2.33. The molecule has 0 saturated heterocycles.